The summed E-state index contributed by atoms with van der Waals surface area (Å²) in [4.78, 5) is 15.5. The number of anilines is 2. The number of hydrogen-bond donors (Lipinski definition) is 3. The molecule has 0 radical (unpaired) electrons. The highest BCUT2D eigenvalue weighted by Gasteiger charge is 2.18. The van der Waals surface area contributed by atoms with Crippen molar-refractivity contribution in [1.82, 2.24) is 19.9 Å². The van der Waals surface area contributed by atoms with Gasteiger partial charge < -0.3 is 16.0 Å². The number of aromatic amines is 1. The van der Waals surface area contributed by atoms with Crippen LogP contribution in [0.15, 0.2) is 6.33 Å². The zero-order valence-electron chi connectivity index (χ0n) is 11.9. The van der Waals surface area contributed by atoms with Crippen LogP contribution in [0.25, 0.3) is 11.2 Å². The molecule has 0 saturated heterocycles. The van der Waals surface area contributed by atoms with Crippen LogP contribution >= 0.6 is 0 Å². The Bertz CT molecular complexity index is 578. The quantitative estimate of drug-likeness (QED) is 0.796. The molecule has 3 rings (SSSR count). The smallest absolute Gasteiger partial charge is 0.224 e. The lowest BCUT2D eigenvalue weighted by atomic mass is 9.81. The number of hydrogen-bond acceptors (Lipinski definition) is 5. The summed E-state index contributed by atoms with van der Waals surface area (Å²) in [5, 5.41) is 3.37. The molecular formula is C14H22N6. The number of H-pyrrole nitrogens is 1. The van der Waals surface area contributed by atoms with Gasteiger partial charge in [-0.3, -0.25) is 0 Å². The van der Waals surface area contributed by atoms with Crippen LogP contribution < -0.4 is 11.1 Å². The van der Waals surface area contributed by atoms with Gasteiger partial charge >= 0.3 is 0 Å². The summed E-state index contributed by atoms with van der Waals surface area (Å²) in [6.45, 7) is 3.28. The largest absolute Gasteiger partial charge is 0.368 e. The van der Waals surface area contributed by atoms with E-state index < -0.39 is 0 Å². The second kappa shape index (κ2) is 5.64. The molecule has 2 heterocycles. The van der Waals surface area contributed by atoms with Gasteiger partial charge in [0, 0.05) is 6.54 Å². The van der Waals surface area contributed by atoms with Crippen LogP contribution in [0.4, 0.5) is 11.8 Å². The predicted molar refractivity (Wildman–Crippen MR) is 80.3 cm³/mol. The van der Waals surface area contributed by atoms with E-state index in [2.05, 4.69) is 32.2 Å². The van der Waals surface area contributed by atoms with Gasteiger partial charge in [-0.1, -0.05) is 26.2 Å². The van der Waals surface area contributed by atoms with Crippen molar-refractivity contribution in [3.8, 4) is 0 Å². The molecule has 1 aliphatic carbocycles. The van der Waals surface area contributed by atoms with Crippen LogP contribution in [0.3, 0.4) is 0 Å². The van der Waals surface area contributed by atoms with Crippen LogP contribution in [0.2, 0.25) is 0 Å². The van der Waals surface area contributed by atoms with Crippen LogP contribution in [-0.4, -0.2) is 26.5 Å². The maximum Gasteiger partial charge on any atom is 0.224 e. The van der Waals surface area contributed by atoms with E-state index >= 15 is 0 Å². The van der Waals surface area contributed by atoms with E-state index in [0.29, 0.717) is 5.65 Å². The molecule has 1 saturated carbocycles. The Hall–Kier alpha value is -1.85. The van der Waals surface area contributed by atoms with E-state index in [4.69, 9.17) is 5.73 Å². The van der Waals surface area contributed by atoms with Gasteiger partial charge in [0.25, 0.3) is 0 Å². The maximum atomic E-state index is 5.70. The molecule has 4 N–H and O–H groups in total. The summed E-state index contributed by atoms with van der Waals surface area (Å²) in [5.74, 6) is 2.73. The molecule has 2 aromatic rings. The third-order valence-electron chi connectivity index (χ3n) is 4.19. The van der Waals surface area contributed by atoms with E-state index in [0.717, 1.165) is 29.7 Å². The van der Waals surface area contributed by atoms with Crippen molar-refractivity contribution in [2.75, 3.05) is 17.6 Å². The molecule has 6 nitrogen and oxygen atoms in total. The van der Waals surface area contributed by atoms with Gasteiger partial charge in [-0.15, -0.1) is 0 Å². The van der Waals surface area contributed by atoms with Crippen molar-refractivity contribution in [3.05, 3.63) is 6.33 Å². The normalized spacial score (nSPS) is 23.1. The molecule has 1 aliphatic rings. The zero-order valence-corrected chi connectivity index (χ0v) is 11.9. The molecule has 2 aromatic heterocycles. The second-order valence-electron chi connectivity index (χ2n) is 5.88. The monoisotopic (exact) mass is 274 g/mol. The van der Waals surface area contributed by atoms with Crippen molar-refractivity contribution in [3.63, 3.8) is 0 Å². The van der Waals surface area contributed by atoms with Crippen molar-refractivity contribution in [2.24, 2.45) is 11.8 Å². The Labute approximate surface area is 118 Å². The lowest BCUT2D eigenvalue weighted by Gasteiger charge is -2.26. The summed E-state index contributed by atoms with van der Waals surface area (Å²) in [6, 6.07) is 0. The van der Waals surface area contributed by atoms with Crippen molar-refractivity contribution in [1.29, 1.82) is 0 Å². The molecule has 0 bridgehead atoms. The zero-order chi connectivity index (χ0) is 13.9. The molecule has 1 fully saturated rings. The van der Waals surface area contributed by atoms with E-state index in [1.807, 2.05) is 0 Å². The molecule has 6 heteroatoms. The van der Waals surface area contributed by atoms with Gasteiger partial charge in [-0.25, -0.2) is 4.98 Å². The van der Waals surface area contributed by atoms with Crippen LogP contribution in [0, 0.1) is 11.8 Å². The first-order valence-corrected chi connectivity index (χ1v) is 7.43. The molecule has 0 aliphatic heterocycles. The molecular weight excluding hydrogens is 252 g/mol. The van der Waals surface area contributed by atoms with Crippen molar-refractivity contribution in [2.45, 2.75) is 39.0 Å². The van der Waals surface area contributed by atoms with Crippen molar-refractivity contribution >= 4 is 22.9 Å². The predicted octanol–water partition coefficient (Wildman–Crippen LogP) is 2.56. The first-order chi connectivity index (χ1) is 9.72. The third kappa shape index (κ3) is 2.84. The molecule has 20 heavy (non-hydrogen) atoms. The molecule has 0 spiro atoms. The lowest BCUT2D eigenvalue weighted by Crippen LogP contribution is -2.17. The van der Waals surface area contributed by atoms with E-state index in [1.54, 1.807) is 6.33 Å². The van der Waals surface area contributed by atoms with Crippen LogP contribution in [0.5, 0.6) is 0 Å². The average molecular weight is 274 g/mol. The Balaban J connectivity index is 1.61. The van der Waals surface area contributed by atoms with Crippen LogP contribution in [0.1, 0.15) is 39.0 Å². The first-order valence-electron chi connectivity index (χ1n) is 7.43. The Morgan fingerprint density at radius 2 is 2.30 bits per heavy atom. The summed E-state index contributed by atoms with van der Waals surface area (Å²) in [6.07, 6.45) is 8.28. The molecule has 0 aromatic carbocycles. The number of fused-ring (bicyclic) bond motifs is 1. The SMILES string of the molecule is CC1CCCC(CCNc2nc(N)nc3nc[nH]c23)C1. The van der Waals surface area contributed by atoms with E-state index in [-0.39, 0.29) is 5.95 Å². The minimum absolute atomic E-state index is 0.262. The van der Waals surface area contributed by atoms with E-state index in [1.165, 1.54) is 32.1 Å². The average Bonchev–Trinajstić information content (AvgIpc) is 2.87. The van der Waals surface area contributed by atoms with Crippen LogP contribution in [-0.2, 0) is 0 Å². The van der Waals surface area contributed by atoms with Gasteiger partial charge in [0.05, 0.1) is 6.33 Å². The number of nitrogens with two attached hydrogens (primary N) is 1. The highest BCUT2D eigenvalue weighted by Crippen LogP contribution is 2.30. The second-order valence-corrected chi connectivity index (χ2v) is 5.88. The highest BCUT2D eigenvalue weighted by molar-refractivity contribution is 5.83. The van der Waals surface area contributed by atoms with Gasteiger partial charge in [0.2, 0.25) is 5.95 Å². The number of imidazole rings is 1. The summed E-state index contributed by atoms with van der Waals surface area (Å²) in [5.41, 5.74) is 7.15. The number of nitrogens with zero attached hydrogens (tertiary/aromatic N) is 3. The van der Waals surface area contributed by atoms with Gasteiger partial charge in [-0.05, 0) is 24.7 Å². The summed E-state index contributed by atoms with van der Waals surface area (Å²) < 4.78 is 0. The maximum absolute atomic E-state index is 5.70. The fourth-order valence-corrected chi connectivity index (χ4v) is 3.19. The molecule has 108 valence electrons. The first kappa shape index (κ1) is 13.1. The highest BCUT2D eigenvalue weighted by atomic mass is 15.1. The molecule has 2 unspecified atom stereocenters. The third-order valence-corrected chi connectivity index (χ3v) is 4.19. The Kier molecular flexibility index (Phi) is 3.71. The number of nitrogen functional groups attached to an aromatic ring is 1. The van der Waals surface area contributed by atoms with Gasteiger partial charge in [0.15, 0.2) is 11.5 Å². The minimum atomic E-state index is 0.262. The van der Waals surface area contributed by atoms with E-state index in [9.17, 15) is 0 Å². The standard InChI is InChI=1S/C14H22N6/c1-9-3-2-4-10(7-9)5-6-16-12-11-13(18-8-17-11)20-14(15)19-12/h8-10H,2-7H2,1H3,(H4,15,16,17,18,19,20). The lowest BCUT2D eigenvalue weighted by molar-refractivity contribution is 0.274. The number of nitrogens with one attached hydrogen (secondary N) is 2. The summed E-state index contributed by atoms with van der Waals surface area (Å²) >= 11 is 0. The Morgan fingerprint density at radius 1 is 1.40 bits per heavy atom. The fourth-order valence-electron chi connectivity index (χ4n) is 3.19. The number of rotatable bonds is 4. The minimum Gasteiger partial charge on any atom is -0.368 e. The molecule has 2 atom stereocenters. The topological polar surface area (TPSA) is 92.5 Å². The summed E-state index contributed by atoms with van der Waals surface area (Å²) in [7, 11) is 0. The van der Waals surface area contributed by atoms with Gasteiger partial charge in [0.1, 0.15) is 5.52 Å². The van der Waals surface area contributed by atoms with Gasteiger partial charge in [-0.2, -0.15) is 9.97 Å². The fraction of sp³-hybridized carbons (Fsp3) is 0.643. The van der Waals surface area contributed by atoms with Crippen molar-refractivity contribution < 1.29 is 0 Å². The number of aromatic nitrogens is 4. The molecule has 0 amide bonds. The Morgan fingerprint density at radius 3 is 3.15 bits per heavy atom.